The Kier molecular flexibility index (Phi) is 5.55. The number of alkyl halides is 3. The SMILES string of the molecule is CCOc1c(C(F)(F)F)sc2ncc(C(=O)NCc3cccc(F)c3)c(C)c12. The Labute approximate surface area is 162 Å². The van der Waals surface area contributed by atoms with E-state index >= 15 is 0 Å². The summed E-state index contributed by atoms with van der Waals surface area (Å²) in [7, 11) is 0. The fraction of sp³-hybridized carbons (Fsp3) is 0.263. The Balaban J connectivity index is 1.96. The molecular formula is C19H16F4N2O2S. The molecule has 3 aromatic rings. The average Bonchev–Trinajstić information content (AvgIpc) is 3.00. The van der Waals surface area contributed by atoms with Crippen molar-refractivity contribution in [3.05, 3.63) is 57.8 Å². The molecule has 3 rings (SSSR count). The molecule has 1 aromatic carbocycles. The number of amides is 1. The molecule has 2 heterocycles. The highest BCUT2D eigenvalue weighted by Crippen LogP contribution is 2.47. The summed E-state index contributed by atoms with van der Waals surface area (Å²) in [6.45, 7) is 3.26. The van der Waals surface area contributed by atoms with Crippen LogP contribution in [0.4, 0.5) is 17.6 Å². The number of aryl methyl sites for hydroxylation is 1. The van der Waals surface area contributed by atoms with E-state index in [1.807, 2.05) is 0 Å². The molecule has 0 atom stereocenters. The second-order valence-electron chi connectivity index (χ2n) is 5.98. The van der Waals surface area contributed by atoms with Crippen molar-refractivity contribution in [2.75, 3.05) is 6.61 Å². The van der Waals surface area contributed by atoms with E-state index in [0.29, 0.717) is 22.5 Å². The van der Waals surface area contributed by atoms with Crippen molar-refractivity contribution >= 4 is 27.5 Å². The molecule has 148 valence electrons. The van der Waals surface area contributed by atoms with Crippen LogP contribution in [0.25, 0.3) is 10.2 Å². The first-order chi connectivity index (χ1) is 13.2. The minimum absolute atomic E-state index is 0.0460. The van der Waals surface area contributed by atoms with E-state index < -0.39 is 22.8 Å². The van der Waals surface area contributed by atoms with Gasteiger partial charge in [-0.2, -0.15) is 13.2 Å². The number of hydrogen-bond donors (Lipinski definition) is 1. The Morgan fingerprint density at radius 3 is 2.71 bits per heavy atom. The number of thiophene rings is 1. The molecule has 0 aliphatic rings. The number of ether oxygens (including phenoxy) is 1. The van der Waals surface area contributed by atoms with Gasteiger partial charge in [0.2, 0.25) is 0 Å². The minimum atomic E-state index is -4.58. The smallest absolute Gasteiger partial charge is 0.429 e. The summed E-state index contributed by atoms with van der Waals surface area (Å²) in [4.78, 5) is 15.8. The number of halogens is 4. The normalized spacial score (nSPS) is 11.6. The summed E-state index contributed by atoms with van der Waals surface area (Å²) in [5, 5.41) is 2.81. The van der Waals surface area contributed by atoms with Crippen LogP contribution in [0.1, 0.15) is 33.3 Å². The Morgan fingerprint density at radius 2 is 2.07 bits per heavy atom. The summed E-state index contributed by atoms with van der Waals surface area (Å²) >= 11 is 0.483. The quantitative estimate of drug-likeness (QED) is 0.594. The summed E-state index contributed by atoms with van der Waals surface area (Å²) in [6, 6.07) is 5.75. The molecule has 0 spiro atoms. The van der Waals surface area contributed by atoms with Crippen molar-refractivity contribution < 1.29 is 27.1 Å². The van der Waals surface area contributed by atoms with Crippen LogP contribution >= 0.6 is 11.3 Å². The average molecular weight is 412 g/mol. The first-order valence-electron chi connectivity index (χ1n) is 8.37. The van der Waals surface area contributed by atoms with Crippen molar-refractivity contribution in [1.29, 1.82) is 0 Å². The maximum Gasteiger partial charge on any atom is 0.429 e. The predicted molar refractivity (Wildman–Crippen MR) is 98.1 cm³/mol. The Bertz CT molecular complexity index is 1030. The molecule has 0 bridgehead atoms. The largest absolute Gasteiger partial charge is 0.492 e. The minimum Gasteiger partial charge on any atom is -0.492 e. The number of benzene rings is 1. The maximum absolute atomic E-state index is 13.3. The van der Waals surface area contributed by atoms with Crippen LogP contribution in [0.15, 0.2) is 30.5 Å². The van der Waals surface area contributed by atoms with Gasteiger partial charge in [-0.15, -0.1) is 11.3 Å². The number of nitrogens with zero attached hydrogens (tertiary/aromatic N) is 1. The van der Waals surface area contributed by atoms with Crippen molar-refractivity contribution in [3.63, 3.8) is 0 Å². The molecule has 9 heteroatoms. The predicted octanol–water partition coefficient (Wildman–Crippen LogP) is 5.09. The number of hydrogen-bond acceptors (Lipinski definition) is 4. The van der Waals surface area contributed by atoms with Gasteiger partial charge in [-0.1, -0.05) is 12.1 Å². The highest BCUT2D eigenvalue weighted by molar-refractivity contribution is 7.19. The summed E-state index contributed by atoms with van der Waals surface area (Å²) < 4.78 is 58.5. The Morgan fingerprint density at radius 1 is 1.32 bits per heavy atom. The van der Waals surface area contributed by atoms with Crippen molar-refractivity contribution in [1.82, 2.24) is 10.3 Å². The van der Waals surface area contributed by atoms with Gasteiger partial charge in [0.1, 0.15) is 10.6 Å². The Hall–Kier alpha value is -2.68. The van der Waals surface area contributed by atoms with E-state index in [2.05, 4.69) is 10.3 Å². The summed E-state index contributed by atoms with van der Waals surface area (Å²) in [5.41, 5.74) is 1.04. The lowest BCUT2D eigenvalue weighted by atomic mass is 10.1. The highest BCUT2D eigenvalue weighted by atomic mass is 32.1. The van der Waals surface area contributed by atoms with E-state index in [1.54, 1.807) is 19.9 Å². The molecule has 0 saturated heterocycles. The second kappa shape index (κ2) is 7.75. The van der Waals surface area contributed by atoms with Gasteiger partial charge in [0, 0.05) is 12.7 Å². The number of rotatable bonds is 5. The number of aromatic nitrogens is 1. The van der Waals surface area contributed by atoms with E-state index in [-0.39, 0.29) is 34.7 Å². The zero-order chi connectivity index (χ0) is 20.5. The van der Waals surface area contributed by atoms with Gasteiger partial charge < -0.3 is 10.1 Å². The molecule has 0 saturated carbocycles. The van der Waals surface area contributed by atoms with Gasteiger partial charge in [-0.05, 0) is 37.1 Å². The van der Waals surface area contributed by atoms with Crippen LogP contribution in [-0.4, -0.2) is 17.5 Å². The first-order valence-corrected chi connectivity index (χ1v) is 9.18. The summed E-state index contributed by atoms with van der Waals surface area (Å²) in [6.07, 6.45) is -3.34. The maximum atomic E-state index is 13.3. The molecule has 0 radical (unpaired) electrons. The zero-order valence-electron chi connectivity index (χ0n) is 15.0. The molecule has 28 heavy (non-hydrogen) atoms. The van der Waals surface area contributed by atoms with E-state index in [0.717, 1.165) is 0 Å². The van der Waals surface area contributed by atoms with Gasteiger partial charge in [0.25, 0.3) is 5.91 Å². The van der Waals surface area contributed by atoms with Gasteiger partial charge in [0.05, 0.1) is 17.6 Å². The molecular weight excluding hydrogens is 396 g/mol. The van der Waals surface area contributed by atoms with Crippen LogP contribution in [0.2, 0.25) is 0 Å². The monoisotopic (exact) mass is 412 g/mol. The number of fused-ring (bicyclic) bond motifs is 1. The molecule has 0 unspecified atom stereocenters. The van der Waals surface area contributed by atoms with Crippen LogP contribution < -0.4 is 10.1 Å². The zero-order valence-corrected chi connectivity index (χ0v) is 15.8. The molecule has 4 nitrogen and oxygen atoms in total. The second-order valence-corrected chi connectivity index (χ2v) is 6.98. The topological polar surface area (TPSA) is 51.2 Å². The molecule has 1 N–H and O–H groups in total. The number of pyridine rings is 1. The number of nitrogens with one attached hydrogen (secondary N) is 1. The van der Waals surface area contributed by atoms with Crippen LogP contribution in [0.5, 0.6) is 5.75 Å². The lowest BCUT2D eigenvalue weighted by Crippen LogP contribution is -2.24. The summed E-state index contributed by atoms with van der Waals surface area (Å²) in [5.74, 6) is -1.25. The molecule has 1 amide bonds. The first kappa shape index (κ1) is 20.1. The lowest BCUT2D eigenvalue weighted by molar-refractivity contribution is -0.135. The molecule has 0 aliphatic carbocycles. The van der Waals surface area contributed by atoms with Crippen molar-refractivity contribution in [2.24, 2.45) is 0 Å². The van der Waals surface area contributed by atoms with Gasteiger partial charge in [0.15, 0.2) is 10.6 Å². The fourth-order valence-corrected chi connectivity index (χ4v) is 3.82. The molecule has 0 fully saturated rings. The molecule has 0 aliphatic heterocycles. The third kappa shape index (κ3) is 3.94. The van der Waals surface area contributed by atoms with Crippen LogP contribution in [-0.2, 0) is 12.7 Å². The van der Waals surface area contributed by atoms with E-state index in [1.165, 1.54) is 24.4 Å². The third-order valence-electron chi connectivity index (χ3n) is 4.07. The standard InChI is InChI=1S/C19H16F4N2O2S/c1-3-27-15-14-10(2)13(9-25-18(14)28-16(15)19(21,22)23)17(26)24-8-11-5-4-6-12(20)7-11/h4-7,9H,3,8H2,1-2H3,(H,24,26). The number of carbonyl (C=O) groups is 1. The lowest BCUT2D eigenvalue weighted by Gasteiger charge is -2.11. The van der Waals surface area contributed by atoms with Crippen LogP contribution in [0, 0.1) is 12.7 Å². The molecule has 2 aromatic heterocycles. The van der Waals surface area contributed by atoms with Crippen molar-refractivity contribution in [3.8, 4) is 5.75 Å². The fourth-order valence-electron chi connectivity index (χ4n) is 2.80. The van der Waals surface area contributed by atoms with E-state index in [9.17, 15) is 22.4 Å². The van der Waals surface area contributed by atoms with E-state index in [4.69, 9.17) is 4.74 Å². The van der Waals surface area contributed by atoms with Crippen LogP contribution in [0.3, 0.4) is 0 Å². The van der Waals surface area contributed by atoms with Gasteiger partial charge in [-0.25, -0.2) is 9.37 Å². The number of carbonyl (C=O) groups excluding carboxylic acids is 1. The highest BCUT2D eigenvalue weighted by Gasteiger charge is 2.39. The van der Waals surface area contributed by atoms with Gasteiger partial charge >= 0.3 is 6.18 Å². The third-order valence-corrected chi connectivity index (χ3v) is 5.19. The van der Waals surface area contributed by atoms with Gasteiger partial charge in [-0.3, -0.25) is 4.79 Å². The van der Waals surface area contributed by atoms with Crippen molar-refractivity contribution in [2.45, 2.75) is 26.6 Å².